The highest BCUT2D eigenvalue weighted by Crippen LogP contribution is 2.25. The molecule has 3 nitrogen and oxygen atoms in total. The zero-order valence-electron chi connectivity index (χ0n) is 8.94. The Kier molecular flexibility index (Phi) is 4.51. The molecule has 84 valence electrons. The molecule has 0 N–H and O–H groups in total. The highest BCUT2D eigenvalue weighted by Gasteiger charge is 2.36. The van der Waals surface area contributed by atoms with Gasteiger partial charge in [0.15, 0.2) is 0 Å². The molecule has 16 heavy (non-hydrogen) atoms. The van der Waals surface area contributed by atoms with E-state index in [9.17, 15) is 4.79 Å². The van der Waals surface area contributed by atoms with Gasteiger partial charge in [-0.1, -0.05) is 46.3 Å². The summed E-state index contributed by atoms with van der Waals surface area (Å²) >= 11 is 3.13. The molecule has 0 aliphatic heterocycles. The molecule has 0 radical (unpaired) electrons. The Morgan fingerprint density at radius 3 is 2.62 bits per heavy atom. The molecule has 1 aromatic rings. The SMILES string of the molecule is COC(=O)[C@@](Br)(C#N)CCc1ccccc1. The van der Waals surface area contributed by atoms with Crippen molar-refractivity contribution >= 4 is 21.9 Å². The fraction of sp³-hybridized carbons (Fsp3) is 0.333. The lowest BCUT2D eigenvalue weighted by Crippen LogP contribution is -2.32. The Morgan fingerprint density at radius 1 is 1.50 bits per heavy atom. The molecular weight excluding hydrogens is 270 g/mol. The monoisotopic (exact) mass is 281 g/mol. The number of alkyl halides is 1. The van der Waals surface area contributed by atoms with E-state index in [1.807, 2.05) is 36.4 Å². The summed E-state index contributed by atoms with van der Waals surface area (Å²) in [5.41, 5.74) is 1.09. The van der Waals surface area contributed by atoms with Crippen molar-refractivity contribution in [1.82, 2.24) is 0 Å². The summed E-state index contributed by atoms with van der Waals surface area (Å²) in [7, 11) is 1.28. The van der Waals surface area contributed by atoms with Crippen LogP contribution in [-0.4, -0.2) is 17.4 Å². The maximum atomic E-state index is 11.4. The lowest BCUT2D eigenvalue weighted by atomic mass is 10.0. The van der Waals surface area contributed by atoms with E-state index < -0.39 is 10.3 Å². The van der Waals surface area contributed by atoms with Crippen LogP contribution in [0.15, 0.2) is 30.3 Å². The van der Waals surface area contributed by atoms with Gasteiger partial charge >= 0.3 is 5.97 Å². The van der Waals surface area contributed by atoms with Gasteiger partial charge in [-0.2, -0.15) is 5.26 Å². The van der Waals surface area contributed by atoms with E-state index in [0.717, 1.165) is 5.56 Å². The second kappa shape index (κ2) is 5.66. The van der Waals surface area contributed by atoms with E-state index >= 15 is 0 Å². The van der Waals surface area contributed by atoms with Crippen molar-refractivity contribution in [2.75, 3.05) is 7.11 Å². The fourth-order valence-corrected chi connectivity index (χ4v) is 1.69. The number of rotatable bonds is 4. The van der Waals surface area contributed by atoms with Gasteiger partial charge in [0.1, 0.15) is 0 Å². The molecule has 0 aliphatic rings. The number of ether oxygens (including phenoxy) is 1. The van der Waals surface area contributed by atoms with Gasteiger partial charge in [-0.25, -0.2) is 4.79 Å². The second-order valence-corrected chi connectivity index (χ2v) is 4.74. The molecule has 0 amide bonds. The molecule has 1 rings (SSSR count). The molecule has 0 aromatic heterocycles. The van der Waals surface area contributed by atoms with Crippen molar-refractivity contribution < 1.29 is 9.53 Å². The molecular formula is C12H12BrNO2. The van der Waals surface area contributed by atoms with Gasteiger partial charge in [0.2, 0.25) is 4.32 Å². The molecule has 0 heterocycles. The van der Waals surface area contributed by atoms with Crippen molar-refractivity contribution in [3.05, 3.63) is 35.9 Å². The van der Waals surface area contributed by atoms with Crippen LogP contribution in [-0.2, 0) is 16.0 Å². The number of aryl methyl sites for hydroxylation is 1. The van der Waals surface area contributed by atoms with E-state index in [2.05, 4.69) is 20.7 Å². The van der Waals surface area contributed by atoms with Crippen molar-refractivity contribution in [3.63, 3.8) is 0 Å². The van der Waals surface area contributed by atoms with Crippen LogP contribution in [0.5, 0.6) is 0 Å². The van der Waals surface area contributed by atoms with E-state index in [1.54, 1.807) is 0 Å². The highest BCUT2D eigenvalue weighted by molar-refractivity contribution is 9.10. The Morgan fingerprint density at radius 2 is 2.12 bits per heavy atom. The van der Waals surface area contributed by atoms with E-state index in [0.29, 0.717) is 12.8 Å². The van der Waals surface area contributed by atoms with Gasteiger partial charge < -0.3 is 4.74 Å². The van der Waals surface area contributed by atoms with Crippen LogP contribution < -0.4 is 0 Å². The van der Waals surface area contributed by atoms with Gasteiger partial charge in [-0.3, -0.25) is 0 Å². The average molecular weight is 282 g/mol. The van der Waals surface area contributed by atoms with E-state index in [4.69, 9.17) is 5.26 Å². The number of hydrogen-bond acceptors (Lipinski definition) is 3. The van der Waals surface area contributed by atoms with Crippen LogP contribution in [0.2, 0.25) is 0 Å². The molecule has 0 spiro atoms. The maximum absolute atomic E-state index is 11.4. The minimum Gasteiger partial charge on any atom is -0.467 e. The third kappa shape index (κ3) is 3.07. The van der Waals surface area contributed by atoms with Crippen molar-refractivity contribution in [2.45, 2.75) is 17.2 Å². The van der Waals surface area contributed by atoms with E-state index in [1.165, 1.54) is 7.11 Å². The summed E-state index contributed by atoms with van der Waals surface area (Å²) in [6, 6.07) is 11.6. The zero-order chi connectivity index (χ0) is 12.0. The topological polar surface area (TPSA) is 50.1 Å². The molecule has 0 saturated heterocycles. The van der Waals surface area contributed by atoms with Crippen molar-refractivity contribution in [2.24, 2.45) is 0 Å². The third-order valence-corrected chi connectivity index (χ3v) is 3.18. The first-order chi connectivity index (χ1) is 7.62. The number of hydrogen-bond donors (Lipinski definition) is 0. The highest BCUT2D eigenvalue weighted by atomic mass is 79.9. The molecule has 0 unspecified atom stereocenters. The Bertz CT molecular complexity index is 399. The third-order valence-electron chi connectivity index (χ3n) is 2.29. The van der Waals surface area contributed by atoms with Crippen LogP contribution in [0, 0.1) is 11.3 Å². The predicted octanol–water partition coefficient (Wildman–Crippen LogP) is 2.45. The molecule has 1 atom stereocenters. The summed E-state index contributed by atoms with van der Waals surface area (Å²) in [6.45, 7) is 0. The maximum Gasteiger partial charge on any atom is 0.337 e. The van der Waals surface area contributed by atoms with Crippen LogP contribution in [0.3, 0.4) is 0 Å². The van der Waals surface area contributed by atoms with Gasteiger partial charge in [0.25, 0.3) is 0 Å². The summed E-state index contributed by atoms with van der Waals surface area (Å²) in [6.07, 6.45) is 1.04. The van der Waals surface area contributed by atoms with Crippen molar-refractivity contribution in [1.29, 1.82) is 5.26 Å². The van der Waals surface area contributed by atoms with Crippen molar-refractivity contribution in [3.8, 4) is 6.07 Å². The largest absolute Gasteiger partial charge is 0.467 e. The molecule has 4 heteroatoms. The minimum absolute atomic E-state index is 0.389. The van der Waals surface area contributed by atoms with Crippen LogP contribution >= 0.6 is 15.9 Å². The molecule has 1 aromatic carbocycles. The van der Waals surface area contributed by atoms with Gasteiger partial charge in [0.05, 0.1) is 13.2 Å². The Labute approximate surface area is 103 Å². The summed E-state index contributed by atoms with van der Waals surface area (Å²) in [5, 5.41) is 8.97. The molecule has 0 aliphatic carbocycles. The van der Waals surface area contributed by atoms with Gasteiger partial charge in [-0.15, -0.1) is 0 Å². The standard InChI is InChI=1S/C12H12BrNO2/c1-16-11(15)12(13,9-14)8-7-10-5-3-2-4-6-10/h2-6H,7-8H2,1H3/t12-/m0/s1. The number of benzene rings is 1. The van der Waals surface area contributed by atoms with Gasteiger partial charge in [-0.05, 0) is 18.4 Å². The summed E-state index contributed by atoms with van der Waals surface area (Å²) in [5.74, 6) is -0.550. The van der Waals surface area contributed by atoms with Gasteiger partial charge in [0, 0.05) is 0 Å². The normalized spacial score (nSPS) is 13.6. The minimum atomic E-state index is -1.24. The average Bonchev–Trinajstić information content (AvgIpc) is 2.36. The first-order valence-corrected chi connectivity index (χ1v) is 5.64. The number of esters is 1. The summed E-state index contributed by atoms with van der Waals surface area (Å²) in [4.78, 5) is 11.4. The zero-order valence-corrected chi connectivity index (χ0v) is 10.5. The second-order valence-electron chi connectivity index (χ2n) is 3.39. The van der Waals surface area contributed by atoms with Crippen LogP contribution in [0.4, 0.5) is 0 Å². The number of carbonyl (C=O) groups is 1. The fourth-order valence-electron chi connectivity index (χ4n) is 1.33. The number of methoxy groups -OCH3 is 1. The molecule has 0 saturated carbocycles. The quantitative estimate of drug-likeness (QED) is 0.629. The first-order valence-electron chi connectivity index (χ1n) is 4.85. The lowest BCUT2D eigenvalue weighted by molar-refractivity contribution is -0.141. The van der Waals surface area contributed by atoms with Crippen LogP contribution in [0.25, 0.3) is 0 Å². The Hall–Kier alpha value is -1.34. The number of nitriles is 1. The smallest absolute Gasteiger partial charge is 0.337 e. The van der Waals surface area contributed by atoms with E-state index in [-0.39, 0.29) is 0 Å². The molecule has 0 fully saturated rings. The molecule has 0 bridgehead atoms. The number of halogens is 1. The number of carbonyl (C=O) groups excluding carboxylic acids is 1. The number of nitrogens with zero attached hydrogens (tertiary/aromatic N) is 1. The lowest BCUT2D eigenvalue weighted by Gasteiger charge is -2.16. The van der Waals surface area contributed by atoms with Crippen LogP contribution in [0.1, 0.15) is 12.0 Å². The first kappa shape index (κ1) is 12.7. The Balaban J connectivity index is 2.66. The summed E-state index contributed by atoms with van der Waals surface area (Å²) < 4.78 is 3.35. The predicted molar refractivity (Wildman–Crippen MR) is 64.1 cm³/mol.